The van der Waals surface area contributed by atoms with Crippen molar-refractivity contribution in [1.82, 2.24) is 4.90 Å². The Morgan fingerprint density at radius 1 is 0.844 bits per heavy atom. The van der Waals surface area contributed by atoms with Crippen LogP contribution in [0, 0.1) is 0 Å². The standard InChI is InChI=1S/C26H35NO5/c28-24(27-16-6-1-7-17-27)11-3-2-10-21-14-15-22(31-25-12-4-8-18-29-25)23(20-21)32-26-13-5-9-19-30-26/h2-3,10-11,14-15,20,25-26H,1,4-9,12-13,16-19H2/b10-2+,11-3+. The van der Waals surface area contributed by atoms with Gasteiger partial charge in [-0.05, 0) is 62.6 Å². The molecule has 1 aromatic rings. The van der Waals surface area contributed by atoms with Crippen molar-refractivity contribution in [3.05, 3.63) is 42.0 Å². The number of ether oxygens (including phenoxy) is 4. The molecule has 0 aliphatic carbocycles. The molecule has 0 bridgehead atoms. The van der Waals surface area contributed by atoms with E-state index in [1.54, 1.807) is 6.08 Å². The molecule has 3 heterocycles. The van der Waals surface area contributed by atoms with E-state index >= 15 is 0 Å². The molecular formula is C26H35NO5. The van der Waals surface area contributed by atoms with Crippen LogP contribution in [0.1, 0.15) is 63.4 Å². The molecule has 0 N–H and O–H groups in total. The van der Waals surface area contributed by atoms with E-state index in [1.165, 1.54) is 6.42 Å². The summed E-state index contributed by atoms with van der Waals surface area (Å²) in [6, 6.07) is 5.88. The van der Waals surface area contributed by atoms with Crippen molar-refractivity contribution in [3.63, 3.8) is 0 Å². The Morgan fingerprint density at radius 3 is 2.19 bits per heavy atom. The number of carbonyl (C=O) groups is 1. The van der Waals surface area contributed by atoms with Gasteiger partial charge < -0.3 is 23.8 Å². The van der Waals surface area contributed by atoms with Crippen molar-refractivity contribution in [2.45, 2.75) is 70.4 Å². The Bertz CT molecular complexity index is 787. The highest BCUT2D eigenvalue weighted by Gasteiger charge is 2.21. The minimum atomic E-state index is -0.250. The van der Waals surface area contributed by atoms with Crippen molar-refractivity contribution in [1.29, 1.82) is 0 Å². The lowest BCUT2D eigenvalue weighted by molar-refractivity contribution is -0.126. The van der Waals surface area contributed by atoms with Crippen LogP contribution in [0.5, 0.6) is 11.5 Å². The molecule has 3 fully saturated rings. The van der Waals surface area contributed by atoms with Gasteiger partial charge in [-0.2, -0.15) is 0 Å². The third kappa shape index (κ3) is 6.84. The maximum atomic E-state index is 12.3. The van der Waals surface area contributed by atoms with Crippen molar-refractivity contribution >= 4 is 12.0 Å². The van der Waals surface area contributed by atoms with Crippen LogP contribution in [0.2, 0.25) is 0 Å². The van der Waals surface area contributed by atoms with Gasteiger partial charge in [-0.15, -0.1) is 0 Å². The van der Waals surface area contributed by atoms with Gasteiger partial charge in [0.25, 0.3) is 0 Å². The predicted octanol–water partition coefficient (Wildman–Crippen LogP) is 5.08. The van der Waals surface area contributed by atoms with Gasteiger partial charge in [-0.1, -0.05) is 24.3 Å². The summed E-state index contributed by atoms with van der Waals surface area (Å²) in [7, 11) is 0. The fraction of sp³-hybridized carbons (Fsp3) is 0.577. The number of nitrogens with zero attached hydrogens (tertiary/aromatic N) is 1. The fourth-order valence-electron chi connectivity index (χ4n) is 4.23. The molecule has 4 rings (SSSR count). The lowest BCUT2D eigenvalue weighted by Gasteiger charge is -2.27. The molecule has 1 aromatic carbocycles. The number of rotatable bonds is 7. The molecular weight excluding hydrogens is 406 g/mol. The average Bonchev–Trinajstić information content (AvgIpc) is 2.85. The molecule has 6 nitrogen and oxygen atoms in total. The van der Waals surface area contributed by atoms with Crippen LogP contribution in [0.4, 0.5) is 0 Å². The fourth-order valence-corrected chi connectivity index (χ4v) is 4.23. The molecule has 3 aliphatic heterocycles. The van der Waals surface area contributed by atoms with Gasteiger partial charge >= 0.3 is 0 Å². The maximum Gasteiger partial charge on any atom is 0.246 e. The predicted molar refractivity (Wildman–Crippen MR) is 123 cm³/mol. The Hall–Kier alpha value is -2.31. The molecule has 1 amide bonds. The molecule has 3 saturated heterocycles. The molecule has 0 spiro atoms. The largest absolute Gasteiger partial charge is 0.461 e. The second kappa shape index (κ2) is 12.1. The molecule has 0 radical (unpaired) electrons. The lowest BCUT2D eigenvalue weighted by atomic mass is 10.1. The molecule has 3 aliphatic rings. The van der Waals surface area contributed by atoms with Gasteiger partial charge in [-0.25, -0.2) is 0 Å². The highest BCUT2D eigenvalue weighted by atomic mass is 16.7. The minimum absolute atomic E-state index is 0.0871. The summed E-state index contributed by atoms with van der Waals surface area (Å²) >= 11 is 0. The quantitative estimate of drug-likeness (QED) is 0.436. The summed E-state index contributed by atoms with van der Waals surface area (Å²) in [5.41, 5.74) is 0.975. The van der Waals surface area contributed by atoms with Crippen molar-refractivity contribution < 1.29 is 23.7 Å². The minimum Gasteiger partial charge on any atom is -0.461 e. The van der Waals surface area contributed by atoms with Crippen LogP contribution >= 0.6 is 0 Å². The van der Waals surface area contributed by atoms with Gasteiger partial charge in [0.05, 0.1) is 13.2 Å². The molecule has 0 aromatic heterocycles. The lowest BCUT2D eigenvalue weighted by Crippen LogP contribution is -2.34. The van der Waals surface area contributed by atoms with Gasteiger partial charge in [0.1, 0.15) is 0 Å². The van der Waals surface area contributed by atoms with E-state index in [9.17, 15) is 4.79 Å². The number of carbonyl (C=O) groups excluding carboxylic acids is 1. The zero-order valence-corrected chi connectivity index (χ0v) is 18.9. The highest BCUT2D eigenvalue weighted by Crippen LogP contribution is 2.33. The molecule has 6 heteroatoms. The van der Waals surface area contributed by atoms with Crippen LogP contribution in [0.15, 0.2) is 36.4 Å². The number of benzene rings is 1. The second-order valence-corrected chi connectivity index (χ2v) is 8.64. The first-order valence-electron chi connectivity index (χ1n) is 12.1. The molecule has 2 atom stereocenters. The number of amides is 1. The summed E-state index contributed by atoms with van der Waals surface area (Å²) in [5, 5.41) is 0. The van der Waals surface area contributed by atoms with Crippen LogP contribution in [-0.2, 0) is 14.3 Å². The Kier molecular flexibility index (Phi) is 8.63. The summed E-state index contributed by atoms with van der Waals surface area (Å²) in [5.74, 6) is 1.43. The smallest absolute Gasteiger partial charge is 0.246 e. The van der Waals surface area contributed by atoms with E-state index in [-0.39, 0.29) is 18.5 Å². The Morgan fingerprint density at radius 2 is 1.53 bits per heavy atom. The van der Waals surface area contributed by atoms with E-state index in [1.807, 2.05) is 41.3 Å². The number of hydrogen-bond acceptors (Lipinski definition) is 5. The first kappa shape index (κ1) is 22.9. The zero-order valence-electron chi connectivity index (χ0n) is 18.9. The Balaban J connectivity index is 1.41. The van der Waals surface area contributed by atoms with Crippen LogP contribution in [0.3, 0.4) is 0 Å². The molecule has 0 saturated carbocycles. The van der Waals surface area contributed by atoms with Crippen LogP contribution in [-0.4, -0.2) is 49.7 Å². The monoisotopic (exact) mass is 441 g/mol. The summed E-state index contributed by atoms with van der Waals surface area (Å²) in [6.45, 7) is 3.18. The number of likely N-dealkylation sites (tertiary alicyclic amines) is 1. The van der Waals surface area contributed by atoms with Crippen LogP contribution < -0.4 is 9.47 Å². The van der Waals surface area contributed by atoms with Gasteiger partial charge in [0.15, 0.2) is 24.1 Å². The second-order valence-electron chi connectivity index (χ2n) is 8.64. The highest BCUT2D eigenvalue weighted by molar-refractivity contribution is 5.88. The number of piperidine rings is 1. The summed E-state index contributed by atoms with van der Waals surface area (Å²) in [6.07, 6.45) is 16.4. The average molecular weight is 442 g/mol. The van der Waals surface area contributed by atoms with E-state index in [0.29, 0.717) is 11.5 Å². The molecule has 32 heavy (non-hydrogen) atoms. The first-order chi connectivity index (χ1) is 15.8. The molecule has 2 unspecified atom stereocenters. The van der Waals surface area contributed by atoms with Crippen molar-refractivity contribution in [3.8, 4) is 11.5 Å². The van der Waals surface area contributed by atoms with Gasteiger partial charge in [-0.3, -0.25) is 4.79 Å². The third-order valence-electron chi connectivity index (χ3n) is 6.07. The van der Waals surface area contributed by atoms with E-state index in [2.05, 4.69) is 0 Å². The molecule has 174 valence electrons. The van der Waals surface area contributed by atoms with Gasteiger partial charge in [0.2, 0.25) is 5.91 Å². The Labute approximate surface area is 191 Å². The third-order valence-corrected chi connectivity index (χ3v) is 6.07. The zero-order chi connectivity index (χ0) is 22.0. The summed E-state index contributed by atoms with van der Waals surface area (Å²) < 4.78 is 23.8. The maximum absolute atomic E-state index is 12.3. The number of hydrogen-bond donors (Lipinski definition) is 0. The summed E-state index contributed by atoms with van der Waals surface area (Å²) in [4.78, 5) is 14.2. The van der Waals surface area contributed by atoms with Crippen molar-refractivity contribution in [2.24, 2.45) is 0 Å². The number of allylic oxidation sites excluding steroid dienone is 2. The van der Waals surface area contributed by atoms with Crippen LogP contribution in [0.25, 0.3) is 6.08 Å². The normalized spacial score (nSPS) is 24.7. The first-order valence-corrected chi connectivity index (χ1v) is 12.1. The van der Waals surface area contributed by atoms with Gasteiger partial charge in [0, 0.05) is 32.0 Å². The van der Waals surface area contributed by atoms with E-state index in [0.717, 1.165) is 83.2 Å². The van der Waals surface area contributed by atoms with Crippen molar-refractivity contribution in [2.75, 3.05) is 26.3 Å². The van der Waals surface area contributed by atoms with E-state index in [4.69, 9.17) is 18.9 Å². The topological polar surface area (TPSA) is 57.2 Å². The van der Waals surface area contributed by atoms with E-state index < -0.39 is 0 Å². The SMILES string of the molecule is O=C(/C=C/C=C/c1ccc(OC2CCCCO2)c(OC2CCCCO2)c1)N1CCCCC1.